The largest absolute Gasteiger partial charge is 0.508 e. The molecule has 1 saturated heterocycles. The molecule has 1 aliphatic heterocycles. The maximum atomic E-state index is 9.48. The molecule has 22 heavy (non-hydrogen) atoms. The Labute approximate surface area is 136 Å². The Morgan fingerprint density at radius 2 is 1.86 bits per heavy atom. The SMILES string of the molecule is C.CC(C)CCN(c1ccc(O)cc1)C1CCB(C#N)CC1. The highest BCUT2D eigenvalue weighted by Gasteiger charge is 2.28. The van der Waals surface area contributed by atoms with Crippen LogP contribution in [0, 0.1) is 17.1 Å². The van der Waals surface area contributed by atoms with Gasteiger partial charge >= 0.3 is 0 Å². The van der Waals surface area contributed by atoms with Crippen LogP contribution in [0.4, 0.5) is 5.69 Å². The van der Waals surface area contributed by atoms with E-state index in [4.69, 9.17) is 5.26 Å². The van der Waals surface area contributed by atoms with E-state index in [0.717, 1.165) is 32.0 Å². The molecule has 1 heterocycles. The van der Waals surface area contributed by atoms with Gasteiger partial charge < -0.3 is 10.0 Å². The first-order chi connectivity index (χ1) is 10.1. The fraction of sp³-hybridized carbons (Fsp3) is 0.611. The zero-order chi connectivity index (χ0) is 15.2. The minimum absolute atomic E-state index is 0. The van der Waals surface area contributed by atoms with Gasteiger partial charge in [-0.1, -0.05) is 33.9 Å². The van der Waals surface area contributed by atoms with Gasteiger partial charge in [0.25, 0.3) is 6.71 Å². The number of rotatable bonds is 5. The topological polar surface area (TPSA) is 47.3 Å². The first-order valence-corrected chi connectivity index (χ1v) is 8.05. The first-order valence-electron chi connectivity index (χ1n) is 8.05. The zero-order valence-electron chi connectivity index (χ0n) is 13.1. The molecular weight excluding hydrogens is 271 g/mol. The summed E-state index contributed by atoms with van der Waals surface area (Å²) in [6.45, 7) is 5.79. The summed E-state index contributed by atoms with van der Waals surface area (Å²) in [5, 5.41) is 18.5. The molecule has 0 unspecified atom stereocenters. The van der Waals surface area contributed by atoms with Gasteiger partial charge in [0.15, 0.2) is 0 Å². The van der Waals surface area contributed by atoms with Crippen LogP contribution in [0.2, 0.25) is 12.6 Å². The Morgan fingerprint density at radius 3 is 2.36 bits per heavy atom. The number of hydrogen-bond donors (Lipinski definition) is 1. The second-order valence-electron chi connectivity index (χ2n) is 6.53. The molecule has 4 heteroatoms. The van der Waals surface area contributed by atoms with Crippen LogP contribution in [0.3, 0.4) is 0 Å². The third-order valence-corrected chi connectivity index (χ3v) is 4.45. The molecule has 1 aromatic rings. The van der Waals surface area contributed by atoms with E-state index in [2.05, 4.69) is 24.7 Å². The Bertz CT molecular complexity index is 473. The Kier molecular flexibility index (Phi) is 7.31. The lowest BCUT2D eigenvalue weighted by atomic mass is 9.42. The molecule has 0 atom stereocenters. The second-order valence-corrected chi connectivity index (χ2v) is 6.53. The average molecular weight is 300 g/mol. The summed E-state index contributed by atoms with van der Waals surface area (Å²) in [5.41, 5.74) is 1.19. The summed E-state index contributed by atoms with van der Waals surface area (Å²) >= 11 is 0. The second kappa shape index (κ2) is 8.73. The monoisotopic (exact) mass is 300 g/mol. The molecule has 0 spiro atoms. The van der Waals surface area contributed by atoms with Crippen LogP contribution >= 0.6 is 0 Å². The molecular formula is C18H29BN2O. The van der Waals surface area contributed by atoms with Crippen LogP contribution in [-0.2, 0) is 0 Å². The number of anilines is 1. The van der Waals surface area contributed by atoms with Crippen LogP contribution in [0.5, 0.6) is 5.75 Å². The molecule has 1 N–H and O–H groups in total. The van der Waals surface area contributed by atoms with E-state index in [0.29, 0.717) is 17.7 Å². The number of hydrogen-bond acceptors (Lipinski definition) is 3. The van der Waals surface area contributed by atoms with Crippen LogP contribution in [0.25, 0.3) is 0 Å². The number of phenols is 1. The summed E-state index contributed by atoms with van der Waals surface area (Å²) in [6, 6.07) is 8.06. The molecule has 0 aliphatic carbocycles. The van der Waals surface area contributed by atoms with Gasteiger partial charge in [0, 0.05) is 24.2 Å². The van der Waals surface area contributed by atoms with Crippen LogP contribution in [0.1, 0.15) is 40.5 Å². The highest BCUT2D eigenvalue weighted by molar-refractivity contribution is 6.67. The molecule has 0 saturated carbocycles. The van der Waals surface area contributed by atoms with Gasteiger partial charge in [-0.05, 0) is 49.4 Å². The third kappa shape index (κ3) is 4.98. The van der Waals surface area contributed by atoms with Crippen molar-refractivity contribution in [2.75, 3.05) is 11.4 Å². The van der Waals surface area contributed by atoms with Crippen molar-refractivity contribution in [2.24, 2.45) is 5.92 Å². The molecule has 0 radical (unpaired) electrons. The van der Waals surface area contributed by atoms with Crippen molar-refractivity contribution >= 4 is 12.4 Å². The van der Waals surface area contributed by atoms with Gasteiger partial charge in [0.05, 0.1) is 0 Å². The molecule has 1 aliphatic rings. The maximum Gasteiger partial charge on any atom is 0.268 e. The van der Waals surface area contributed by atoms with E-state index in [-0.39, 0.29) is 14.1 Å². The van der Waals surface area contributed by atoms with Gasteiger partial charge in [-0.25, -0.2) is 5.26 Å². The number of benzene rings is 1. The lowest BCUT2D eigenvalue weighted by Crippen LogP contribution is -2.40. The predicted molar refractivity (Wildman–Crippen MR) is 95.6 cm³/mol. The van der Waals surface area contributed by atoms with Crippen LogP contribution in [0.15, 0.2) is 24.3 Å². The van der Waals surface area contributed by atoms with E-state index in [1.54, 1.807) is 12.1 Å². The number of nitrogens with zero attached hydrogens (tertiary/aromatic N) is 2. The fourth-order valence-electron chi connectivity index (χ4n) is 3.08. The Balaban J connectivity index is 0.00000242. The molecule has 0 aromatic heterocycles. The number of aromatic hydroxyl groups is 1. The summed E-state index contributed by atoms with van der Waals surface area (Å²) in [7, 11) is 0. The highest BCUT2D eigenvalue weighted by Crippen LogP contribution is 2.29. The van der Waals surface area contributed by atoms with Gasteiger partial charge in [-0.2, -0.15) is 0 Å². The third-order valence-electron chi connectivity index (χ3n) is 4.45. The summed E-state index contributed by atoms with van der Waals surface area (Å²) < 4.78 is 0. The van der Waals surface area contributed by atoms with Crippen molar-refractivity contribution in [2.45, 2.75) is 59.2 Å². The van der Waals surface area contributed by atoms with Crippen LogP contribution in [-0.4, -0.2) is 24.4 Å². The number of nitriles is 1. The van der Waals surface area contributed by atoms with Crippen molar-refractivity contribution < 1.29 is 5.11 Å². The quantitative estimate of drug-likeness (QED) is 0.808. The van der Waals surface area contributed by atoms with E-state index in [1.165, 1.54) is 12.1 Å². The molecule has 2 rings (SSSR count). The zero-order valence-corrected chi connectivity index (χ0v) is 13.1. The highest BCUT2D eigenvalue weighted by atomic mass is 16.3. The molecule has 0 amide bonds. The predicted octanol–water partition coefficient (Wildman–Crippen LogP) is 4.60. The minimum Gasteiger partial charge on any atom is -0.508 e. The Hall–Kier alpha value is -1.63. The normalized spacial score (nSPS) is 15.3. The lowest BCUT2D eigenvalue weighted by molar-refractivity contribution is 0.474. The minimum atomic E-state index is 0. The molecule has 1 fully saturated rings. The van der Waals surface area contributed by atoms with Crippen molar-refractivity contribution in [3.63, 3.8) is 0 Å². The lowest BCUT2D eigenvalue weighted by Gasteiger charge is -2.37. The summed E-state index contributed by atoms with van der Waals surface area (Å²) in [5.74, 6) is 3.41. The van der Waals surface area contributed by atoms with E-state index in [1.807, 2.05) is 12.1 Å². The molecule has 1 aromatic carbocycles. The van der Waals surface area contributed by atoms with Crippen molar-refractivity contribution in [3.05, 3.63) is 24.3 Å². The molecule has 120 valence electrons. The van der Waals surface area contributed by atoms with E-state index < -0.39 is 0 Å². The van der Waals surface area contributed by atoms with Crippen molar-refractivity contribution in [1.29, 1.82) is 5.26 Å². The summed E-state index contributed by atoms with van der Waals surface area (Å²) in [4.78, 5) is 2.48. The van der Waals surface area contributed by atoms with Crippen LogP contribution < -0.4 is 4.90 Å². The molecule has 3 nitrogen and oxygen atoms in total. The molecule has 0 bridgehead atoms. The van der Waals surface area contributed by atoms with Gasteiger partial charge in [0.1, 0.15) is 5.75 Å². The van der Waals surface area contributed by atoms with E-state index in [9.17, 15) is 5.11 Å². The Morgan fingerprint density at radius 1 is 1.27 bits per heavy atom. The van der Waals surface area contributed by atoms with Crippen molar-refractivity contribution in [3.8, 4) is 11.7 Å². The fourth-order valence-corrected chi connectivity index (χ4v) is 3.08. The van der Waals surface area contributed by atoms with E-state index >= 15 is 0 Å². The maximum absolute atomic E-state index is 9.48. The first kappa shape index (κ1) is 18.4. The standard InChI is InChI=1S/C17H25BN2O.CH4/c1-14(2)9-12-20(15-3-5-17(21)6-4-15)16-7-10-18(13-19)11-8-16;/h3-6,14,16,21H,7-12H2,1-2H3;1H4. The van der Waals surface area contributed by atoms with Crippen molar-refractivity contribution in [1.82, 2.24) is 0 Å². The van der Waals surface area contributed by atoms with Gasteiger partial charge in [-0.3, -0.25) is 0 Å². The summed E-state index contributed by atoms with van der Waals surface area (Å²) in [6.07, 6.45) is 5.38. The smallest absolute Gasteiger partial charge is 0.268 e. The average Bonchev–Trinajstić information content (AvgIpc) is 2.49. The number of phenolic OH excluding ortho intramolecular Hbond substituents is 1. The van der Waals surface area contributed by atoms with Gasteiger partial charge in [-0.15, -0.1) is 0 Å². The van der Waals surface area contributed by atoms with Gasteiger partial charge in [0.2, 0.25) is 0 Å².